The average molecular weight is 299 g/mol. The summed E-state index contributed by atoms with van der Waals surface area (Å²) < 4.78 is 6.95. The lowest BCUT2D eigenvalue weighted by Crippen LogP contribution is -2.14. The van der Waals surface area contributed by atoms with Crippen LogP contribution in [0.4, 0.5) is 5.82 Å². The Balaban J connectivity index is 1.92. The lowest BCUT2D eigenvalue weighted by atomic mass is 10.1. The van der Waals surface area contributed by atoms with Gasteiger partial charge in [0, 0.05) is 24.5 Å². The molecule has 3 aromatic rings. The van der Waals surface area contributed by atoms with Crippen molar-refractivity contribution in [2.45, 2.75) is 33.7 Å². The third kappa shape index (κ3) is 2.57. The Morgan fingerprint density at radius 2 is 2.23 bits per heavy atom. The first-order valence-electron chi connectivity index (χ1n) is 7.17. The molecule has 0 radical (unpaired) electrons. The lowest BCUT2D eigenvalue weighted by Gasteiger charge is -2.04. The van der Waals surface area contributed by atoms with E-state index in [1.807, 2.05) is 13.1 Å². The summed E-state index contributed by atoms with van der Waals surface area (Å²) in [5.41, 5.74) is 2.21. The molecular weight excluding hydrogens is 282 g/mol. The summed E-state index contributed by atoms with van der Waals surface area (Å²) in [7, 11) is 0. The van der Waals surface area contributed by atoms with Gasteiger partial charge in [-0.3, -0.25) is 9.48 Å². The van der Waals surface area contributed by atoms with Crippen LogP contribution in [0.2, 0.25) is 0 Å². The van der Waals surface area contributed by atoms with Crippen LogP contribution in [0, 0.1) is 13.8 Å². The van der Waals surface area contributed by atoms with Crippen molar-refractivity contribution >= 4 is 22.8 Å². The Labute approximate surface area is 127 Å². The summed E-state index contributed by atoms with van der Waals surface area (Å²) >= 11 is 0. The number of nitrogens with one attached hydrogen (secondary N) is 1. The Kier molecular flexibility index (Phi) is 3.62. The summed E-state index contributed by atoms with van der Waals surface area (Å²) in [6.07, 6.45) is 2.83. The van der Waals surface area contributed by atoms with E-state index in [2.05, 4.69) is 27.5 Å². The molecule has 0 aliphatic carbocycles. The van der Waals surface area contributed by atoms with Gasteiger partial charge in [0.05, 0.1) is 16.6 Å². The highest BCUT2D eigenvalue weighted by atomic mass is 16.5. The van der Waals surface area contributed by atoms with Crippen molar-refractivity contribution in [3.8, 4) is 0 Å². The van der Waals surface area contributed by atoms with Crippen molar-refractivity contribution in [3.05, 3.63) is 35.3 Å². The van der Waals surface area contributed by atoms with E-state index in [9.17, 15) is 4.79 Å². The Hall–Kier alpha value is -2.70. The predicted molar refractivity (Wildman–Crippen MR) is 81.7 cm³/mol. The van der Waals surface area contributed by atoms with Crippen LogP contribution in [0.3, 0.4) is 0 Å². The molecule has 0 unspecified atom stereocenters. The first-order valence-corrected chi connectivity index (χ1v) is 7.17. The molecule has 0 saturated carbocycles. The van der Waals surface area contributed by atoms with Gasteiger partial charge in [-0.05, 0) is 26.3 Å². The average Bonchev–Trinajstić information content (AvgIpc) is 3.06. The van der Waals surface area contributed by atoms with Gasteiger partial charge in [0.2, 0.25) is 0 Å². The quantitative estimate of drug-likeness (QED) is 0.800. The maximum absolute atomic E-state index is 12.5. The van der Waals surface area contributed by atoms with Gasteiger partial charge in [-0.2, -0.15) is 5.10 Å². The van der Waals surface area contributed by atoms with Gasteiger partial charge in [-0.15, -0.1) is 0 Å². The zero-order valence-corrected chi connectivity index (χ0v) is 12.8. The number of fused-ring (bicyclic) bond motifs is 1. The monoisotopic (exact) mass is 299 g/mol. The molecule has 3 heterocycles. The minimum Gasteiger partial charge on any atom is -0.336 e. The van der Waals surface area contributed by atoms with Crippen LogP contribution in [-0.4, -0.2) is 25.8 Å². The van der Waals surface area contributed by atoms with E-state index < -0.39 is 0 Å². The number of pyridine rings is 1. The smallest absolute Gasteiger partial charge is 0.258 e. The number of carbonyl (C=O) groups is 1. The van der Waals surface area contributed by atoms with Gasteiger partial charge in [0.15, 0.2) is 5.82 Å². The summed E-state index contributed by atoms with van der Waals surface area (Å²) in [5, 5.41) is 11.6. The molecule has 22 heavy (non-hydrogen) atoms. The first-order chi connectivity index (χ1) is 10.6. The molecule has 0 aromatic carbocycles. The number of rotatable bonds is 4. The highest BCUT2D eigenvalue weighted by Gasteiger charge is 2.18. The van der Waals surface area contributed by atoms with Gasteiger partial charge < -0.3 is 9.84 Å². The maximum atomic E-state index is 12.5. The van der Waals surface area contributed by atoms with Crippen LogP contribution in [0.5, 0.6) is 0 Å². The molecule has 0 bridgehead atoms. The summed E-state index contributed by atoms with van der Waals surface area (Å²) in [5.74, 6) is 0.277. The second kappa shape index (κ2) is 5.59. The minimum absolute atomic E-state index is 0.247. The van der Waals surface area contributed by atoms with Crippen molar-refractivity contribution in [2.24, 2.45) is 0 Å². The number of amides is 1. The Bertz CT molecular complexity index is 834. The van der Waals surface area contributed by atoms with Crippen molar-refractivity contribution < 1.29 is 9.32 Å². The van der Waals surface area contributed by atoms with Crippen molar-refractivity contribution in [2.75, 3.05) is 5.32 Å². The van der Waals surface area contributed by atoms with E-state index in [4.69, 9.17) is 4.52 Å². The van der Waals surface area contributed by atoms with Gasteiger partial charge in [0.1, 0.15) is 0 Å². The molecular formula is C15H17N5O2. The van der Waals surface area contributed by atoms with Gasteiger partial charge in [-0.1, -0.05) is 12.1 Å². The number of nitrogens with zero attached hydrogens (tertiary/aromatic N) is 4. The minimum atomic E-state index is -0.247. The molecule has 7 nitrogen and oxygen atoms in total. The van der Waals surface area contributed by atoms with E-state index in [1.165, 1.54) is 0 Å². The molecule has 0 saturated heterocycles. The second-order valence-corrected chi connectivity index (χ2v) is 5.18. The van der Waals surface area contributed by atoms with Crippen molar-refractivity contribution in [1.82, 2.24) is 19.9 Å². The van der Waals surface area contributed by atoms with Crippen LogP contribution in [0.25, 0.3) is 11.1 Å². The van der Waals surface area contributed by atoms with Gasteiger partial charge >= 0.3 is 0 Å². The molecule has 0 atom stereocenters. The summed E-state index contributed by atoms with van der Waals surface area (Å²) in [6.45, 7) is 6.49. The van der Waals surface area contributed by atoms with E-state index in [0.717, 1.165) is 13.0 Å². The van der Waals surface area contributed by atoms with Crippen molar-refractivity contribution in [3.63, 3.8) is 0 Å². The first kappa shape index (κ1) is 14.2. The van der Waals surface area contributed by atoms with E-state index in [1.54, 1.807) is 23.7 Å². The molecule has 1 N–H and O–H groups in total. The fraction of sp³-hybridized carbons (Fsp3) is 0.333. The summed E-state index contributed by atoms with van der Waals surface area (Å²) in [4.78, 5) is 16.8. The highest BCUT2D eigenvalue weighted by Crippen LogP contribution is 2.22. The molecule has 3 aromatic heterocycles. The largest absolute Gasteiger partial charge is 0.336 e. The van der Waals surface area contributed by atoms with Crippen molar-refractivity contribution in [1.29, 1.82) is 0 Å². The van der Waals surface area contributed by atoms with Gasteiger partial charge in [-0.25, -0.2) is 4.98 Å². The number of aryl methyl sites for hydroxylation is 3. The summed E-state index contributed by atoms with van der Waals surface area (Å²) in [6, 6.07) is 3.50. The standard InChI is InChI=1S/C15H17N5O2/c1-4-6-20-7-5-12(18-20)17-14(21)11-8-9(2)16-15-13(11)10(3)19-22-15/h5,7-8H,4,6H2,1-3H3,(H,17,18,21). The highest BCUT2D eigenvalue weighted by molar-refractivity contribution is 6.12. The normalized spacial score (nSPS) is 11.0. The van der Waals surface area contributed by atoms with E-state index in [0.29, 0.717) is 33.9 Å². The zero-order chi connectivity index (χ0) is 15.7. The fourth-order valence-electron chi connectivity index (χ4n) is 2.36. The molecule has 114 valence electrons. The number of aromatic nitrogens is 4. The third-order valence-electron chi connectivity index (χ3n) is 3.32. The predicted octanol–water partition coefficient (Wildman–Crippen LogP) is 2.70. The SMILES string of the molecule is CCCn1ccc(NC(=O)c2cc(C)nc3onc(C)c23)n1. The van der Waals surface area contributed by atoms with Crippen LogP contribution in [0.1, 0.15) is 35.1 Å². The molecule has 0 fully saturated rings. The van der Waals surface area contributed by atoms with Crippen LogP contribution in [-0.2, 0) is 6.54 Å². The molecule has 0 aliphatic rings. The number of hydrogen-bond donors (Lipinski definition) is 1. The number of anilines is 1. The van der Waals surface area contributed by atoms with E-state index >= 15 is 0 Å². The number of carbonyl (C=O) groups excluding carboxylic acids is 1. The fourth-order valence-corrected chi connectivity index (χ4v) is 2.36. The molecule has 7 heteroatoms. The maximum Gasteiger partial charge on any atom is 0.258 e. The zero-order valence-electron chi connectivity index (χ0n) is 12.8. The number of hydrogen-bond acceptors (Lipinski definition) is 5. The molecule has 0 aliphatic heterocycles. The third-order valence-corrected chi connectivity index (χ3v) is 3.32. The molecule has 3 rings (SSSR count). The van der Waals surface area contributed by atoms with Crippen LogP contribution in [0.15, 0.2) is 22.9 Å². The topological polar surface area (TPSA) is 85.8 Å². The molecule has 0 spiro atoms. The van der Waals surface area contributed by atoms with E-state index in [-0.39, 0.29) is 5.91 Å². The van der Waals surface area contributed by atoms with Crippen LogP contribution < -0.4 is 5.32 Å². The van der Waals surface area contributed by atoms with Crippen LogP contribution >= 0.6 is 0 Å². The Morgan fingerprint density at radius 1 is 1.41 bits per heavy atom. The lowest BCUT2D eigenvalue weighted by molar-refractivity contribution is 0.102. The molecule has 1 amide bonds. The Morgan fingerprint density at radius 3 is 3.00 bits per heavy atom. The van der Waals surface area contributed by atoms with Gasteiger partial charge in [0.25, 0.3) is 11.6 Å². The second-order valence-electron chi connectivity index (χ2n) is 5.18.